The van der Waals surface area contributed by atoms with Gasteiger partial charge in [-0.25, -0.2) is 14.8 Å². The molecule has 9 nitrogen and oxygen atoms in total. The van der Waals surface area contributed by atoms with E-state index in [1.165, 1.54) is 0 Å². The largest absolute Gasteiger partial charge is 0.497 e. The van der Waals surface area contributed by atoms with Crippen molar-refractivity contribution < 1.29 is 19.1 Å². The molecule has 0 bridgehead atoms. The fourth-order valence-electron chi connectivity index (χ4n) is 4.81. The fraction of sp³-hybridized carbons (Fsp3) is 0.423. The molecule has 2 fully saturated rings. The molecule has 2 aliphatic rings. The Morgan fingerprint density at radius 3 is 2.55 bits per heavy atom. The van der Waals surface area contributed by atoms with Crippen LogP contribution in [0.3, 0.4) is 0 Å². The Bertz CT molecular complexity index is 1180. The first-order chi connectivity index (χ1) is 18.2. The number of likely N-dealkylation sites (N-methyl/N-ethyl adjacent to an activating group) is 1. The van der Waals surface area contributed by atoms with Crippen LogP contribution in [0.2, 0.25) is 10.0 Å². The molecule has 2 saturated heterocycles. The Morgan fingerprint density at radius 1 is 1.16 bits per heavy atom. The molecule has 2 heterocycles. The average Bonchev–Trinajstić information content (AvgIpc) is 2.89. The van der Waals surface area contributed by atoms with Crippen LogP contribution < -0.4 is 10.1 Å². The van der Waals surface area contributed by atoms with Gasteiger partial charge in [0.15, 0.2) is 0 Å². The number of amides is 4. The van der Waals surface area contributed by atoms with Crippen LogP contribution in [-0.4, -0.2) is 89.1 Å². The van der Waals surface area contributed by atoms with Gasteiger partial charge in [-0.2, -0.15) is 11.8 Å². The highest BCUT2D eigenvalue weighted by Crippen LogP contribution is 2.30. The smallest absolute Gasteiger partial charge is 0.334 e. The second-order valence-corrected chi connectivity index (χ2v) is 11.0. The molecule has 0 saturated carbocycles. The van der Waals surface area contributed by atoms with Gasteiger partial charge in [-0.05, 0) is 53.8 Å². The van der Waals surface area contributed by atoms with Crippen LogP contribution in [0.15, 0.2) is 42.5 Å². The Balaban J connectivity index is 1.59. The van der Waals surface area contributed by atoms with Crippen molar-refractivity contribution >= 4 is 52.8 Å². The van der Waals surface area contributed by atoms with E-state index in [1.807, 2.05) is 30.5 Å². The first-order valence-electron chi connectivity index (χ1n) is 12.2. The number of benzene rings is 2. The minimum atomic E-state index is -0.676. The van der Waals surface area contributed by atoms with E-state index in [1.54, 1.807) is 63.9 Å². The number of rotatable bonds is 8. The molecule has 0 radical (unpaired) electrons. The van der Waals surface area contributed by atoms with Gasteiger partial charge < -0.3 is 19.9 Å². The molecule has 0 aromatic heterocycles. The number of nitrogens with one attached hydrogen (secondary N) is 1. The number of carbonyl (C=O) groups is 3. The number of ether oxygens (including phenoxy) is 1. The summed E-state index contributed by atoms with van der Waals surface area (Å²) in [7, 11) is 3.30. The summed E-state index contributed by atoms with van der Waals surface area (Å²) in [5.41, 5.74) is 1.65. The summed E-state index contributed by atoms with van der Waals surface area (Å²) in [6, 6.07) is 11.5. The van der Waals surface area contributed by atoms with Crippen molar-refractivity contribution in [3.05, 3.63) is 63.6 Å². The molecular formula is C26H31Cl2N5O4S. The van der Waals surface area contributed by atoms with Gasteiger partial charge in [-0.1, -0.05) is 41.4 Å². The summed E-state index contributed by atoms with van der Waals surface area (Å²) < 4.78 is 5.20. The normalized spacial score (nSPS) is 20.0. The van der Waals surface area contributed by atoms with E-state index in [0.29, 0.717) is 28.8 Å². The first-order valence-corrected chi connectivity index (χ1v) is 14.3. The zero-order valence-corrected chi connectivity index (χ0v) is 23.9. The molecular weight excluding hydrogens is 549 g/mol. The topological polar surface area (TPSA) is 85.4 Å². The van der Waals surface area contributed by atoms with Crippen LogP contribution in [0.25, 0.3) is 0 Å². The Kier molecular flexibility index (Phi) is 9.30. The molecule has 2 aromatic rings. The third-order valence-electron chi connectivity index (χ3n) is 6.72. The van der Waals surface area contributed by atoms with Gasteiger partial charge in [0.25, 0.3) is 0 Å². The molecule has 204 valence electrons. The predicted octanol–water partition coefficient (Wildman–Crippen LogP) is 3.69. The number of hydrogen-bond donors (Lipinski definition) is 1. The number of carbonyl (C=O) groups excluding carboxylic acids is 3. The van der Waals surface area contributed by atoms with Crippen molar-refractivity contribution in [2.75, 3.05) is 39.3 Å². The number of thioether (sulfide) groups is 1. The number of hydrazine groups is 1. The molecule has 1 N–H and O–H groups in total. The van der Waals surface area contributed by atoms with Crippen LogP contribution in [0, 0.1) is 0 Å². The van der Waals surface area contributed by atoms with Gasteiger partial charge in [0.05, 0.1) is 20.2 Å². The zero-order valence-electron chi connectivity index (χ0n) is 21.5. The minimum Gasteiger partial charge on any atom is -0.497 e. The lowest BCUT2D eigenvalue weighted by molar-refractivity contribution is -0.187. The SMILES string of the molecule is COc1ccc(CNC(=O)N2[C@H]3CN(Cc4ccc(Cl)cc4Cl)C(=O)[C@H](CCSC)N3C(=O)CN2C)cc1. The molecule has 2 aliphatic heterocycles. The summed E-state index contributed by atoms with van der Waals surface area (Å²) in [6.45, 7) is 0.693. The highest BCUT2D eigenvalue weighted by molar-refractivity contribution is 7.98. The quantitative estimate of drug-likeness (QED) is 0.513. The van der Waals surface area contributed by atoms with E-state index in [0.717, 1.165) is 16.9 Å². The number of nitrogens with zero attached hydrogens (tertiary/aromatic N) is 4. The second kappa shape index (κ2) is 12.5. The van der Waals surface area contributed by atoms with Gasteiger partial charge in [0.2, 0.25) is 11.8 Å². The van der Waals surface area contributed by atoms with Crippen molar-refractivity contribution in [2.24, 2.45) is 0 Å². The summed E-state index contributed by atoms with van der Waals surface area (Å²) in [5, 5.41) is 7.08. The van der Waals surface area contributed by atoms with E-state index in [4.69, 9.17) is 27.9 Å². The molecule has 0 unspecified atom stereocenters. The van der Waals surface area contributed by atoms with E-state index >= 15 is 0 Å². The summed E-state index contributed by atoms with van der Waals surface area (Å²) >= 11 is 14.1. The highest BCUT2D eigenvalue weighted by atomic mass is 35.5. The summed E-state index contributed by atoms with van der Waals surface area (Å²) in [5.74, 6) is 1.09. The number of piperazine rings is 1. The van der Waals surface area contributed by atoms with Crippen molar-refractivity contribution in [1.29, 1.82) is 0 Å². The van der Waals surface area contributed by atoms with Crippen LogP contribution in [-0.2, 0) is 22.7 Å². The molecule has 0 aliphatic carbocycles. The number of urea groups is 1. The summed E-state index contributed by atoms with van der Waals surface area (Å²) in [6.07, 6.45) is 1.78. The van der Waals surface area contributed by atoms with Gasteiger partial charge >= 0.3 is 6.03 Å². The van der Waals surface area contributed by atoms with Crippen LogP contribution >= 0.6 is 35.0 Å². The number of hydrogen-bond acceptors (Lipinski definition) is 6. The van der Waals surface area contributed by atoms with Crippen LogP contribution in [0.1, 0.15) is 17.5 Å². The molecule has 4 rings (SSSR count). The third-order valence-corrected chi connectivity index (χ3v) is 7.95. The van der Waals surface area contributed by atoms with E-state index in [9.17, 15) is 14.4 Å². The molecule has 2 atom stereocenters. The maximum Gasteiger partial charge on any atom is 0.334 e. The molecule has 0 spiro atoms. The van der Waals surface area contributed by atoms with E-state index in [-0.39, 0.29) is 37.5 Å². The molecule has 38 heavy (non-hydrogen) atoms. The zero-order chi connectivity index (χ0) is 27.4. The minimum absolute atomic E-state index is 0.00147. The number of methoxy groups -OCH3 is 1. The van der Waals surface area contributed by atoms with Crippen molar-refractivity contribution in [2.45, 2.75) is 31.7 Å². The first kappa shape index (κ1) is 28.4. The molecule has 2 aromatic carbocycles. The van der Waals surface area contributed by atoms with Crippen LogP contribution in [0.5, 0.6) is 5.75 Å². The summed E-state index contributed by atoms with van der Waals surface area (Å²) in [4.78, 5) is 43.6. The van der Waals surface area contributed by atoms with Gasteiger partial charge in [-0.15, -0.1) is 0 Å². The average molecular weight is 581 g/mol. The third kappa shape index (κ3) is 6.14. The van der Waals surface area contributed by atoms with E-state index in [2.05, 4.69) is 5.32 Å². The molecule has 4 amide bonds. The second-order valence-electron chi connectivity index (χ2n) is 9.20. The number of fused-ring (bicyclic) bond motifs is 1. The Labute approximate surface area is 236 Å². The Morgan fingerprint density at radius 2 is 1.89 bits per heavy atom. The lowest BCUT2D eigenvalue weighted by Crippen LogP contribution is -2.75. The van der Waals surface area contributed by atoms with Crippen molar-refractivity contribution in [3.8, 4) is 5.75 Å². The van der Waals surface area contributed by atoms with E-state index < -0.39 is 12.2 Å². The monoisotopic (exact) mass is 579 g/mol. The van der Waals surface area contributed by atoms with Gasteiger partial charge in [0.1, 0.15) is 18.0 Å². The van der Waals surface area contributed by atoms with Gasteiger partial charge in [-0.3, -0.25) is 9.59 Å². The fourth-order valence-corrected chi connectivity index (χ4v) is 5.74. The standard InChI is InChI=1S/C26H31Cl2N5O4S/c1-30-16-24(34)32-22(10-11-38-3)25(35)31(14-18-6-7-19(27)12-21(18)28)15-23(32)33(30)26(36)29-13-17-4-8-20(37-2)9-5-17/h4-9,12,22-23H,10-11,13-16H2,1-3H3,(H,29,36)/t22-,23-/m0/s1. The maximum absolute atomic E-state index is 13.6. The Hall–Kier alpha value is -2.66. The van der Waals surface area contributed by atoms with Crippen molar-refractivity contribution in [1.82, 2.24) is 25.1 Å². The highest BCUT2D eigenvalue weighted by Gasteiger charge is 2.50. The molecule has 12 heteroatoms. The lowest BCUT2D eigenvalue weighted by Gasteiger charge is -2.54. The van der Waals surface area contributed by atoms with Gasteiger partial charge in [0, 0.05) is 30.2 Å². The number of halogens is 2. The van der Waals surface area contributed by atoms with Crippen LogP contribution in [0.4, 0.5) is 4.79 Å². The lowest BCUT2D eigenvalue weighted by atomic mass is 10.0. The maximum atomic E-state index is 13.6. The van der Waals surface area contributed by atoms with Crippen molar-refractivity contribution in [3.63, 3.8) is 0 Å². The predicted molar refractivity (Wildman–Crippen MR) is 149 cm³/mol.